The van der Waals surface area contributed by atoms with Gasteiger partial charge in [-0.15, -0.1) is 11.8 Å². The molecule has 0 saturated heterocycles. The van der Waals surface area contributed by atoms with E-state index in [9.17, 15) is 4.79 Å². The first-order chi connectivity index (χ1) is 16.0. The first-order valence-corrected chi connectivity index (χ1v) is 11.9. The van der Waals surface area contributed by atoms with Gasteiger partial charge in [-0.05, 0) is 31.6 Å². The van der Waals surface area contributed by atoms with Crippen LogP contribution in [0, 0.1) is 0 Å². The zero-order chi connectivity index (χ0) is 23.2. The third kappa shape index (κ3) is 5.43. The van der Waals surface area contributed by atoms with Gasteiger partial charge in [-0.1, -0.05) is 65.8 Å². The van der Waals surface area contributed by atoms with Gasteiger partial charge in [0.05, 0.1) is 0 Å². The van der Waals surface area contributed by atoms with Gasteiger partial charge in [-0.25, -0.2) is 4.68 Å². The molecule has 0 unspecified atom stereocenters. The van der Waals surface area contributed by atoms with Crippen LogP contribution in [0.3, 0.4) is 0 Å². The molecule has 8 nitrogen and oxygen atoms in total. The number of anilines is 1. The molecule has 3 N–H and O–H groups in total. The lowest BCUT2D eigenvalue weighted by molar-refractivity contribution is -0.122. The van der Waals surface area contributed by atoms with E-state index in [-0.39, 0.29) is 24.4 Å². The molecule has 2 heterocycles. The van der Waals surface area contributed by atoms with E-state index in [1.165, 1.54) is 22.0 Å². The van der Waals surface area contributed by atoms with E-state index < -0.39 is 0 Å². The Morgan fingerprint density at radius 1 is 1.15 bits per heavy atom. The molecule has 2 aromatic heterocycles. The van der Waals surface area contributed by atoms with Crippen molar-refractivity contribution in [2.24, 2.45) is 0 Å². The Morgan fingerprint density at radius 2 is 1.85 bits per heavy atom. The highest BCUT2D eigenvalue weighted by atomic mass is 32.2. The average molecular weight is 463 g/mol. The average Bonchev–Trinajstić information content (AvgIpc) is 3.43. The number of carbonyl (C=O) groups excluding carboxylic acids is 1. The second-order valence-corrected chi connectivity index (χ2v) is 8.50. The Labute approximate surface area is 196 Å². The molecule has 1 atom stereocenters. The summed E-state index contributed by atoms with van der Waals surface area (Å²) in [4.78, 5) is 17.1. The number of rotatable bonds is 9. The predicted molar refractivity (Wildman–Crippen MR) is 130 cm³/mol. The largest absolute Gasteiger partial charge is 0.383 e. The number of thioether (sulfide) groups is 1. The maximum absolute atomic E-state index is 12.6. The predicted octanol–water partition coefficient (Wildman–Crippen LogP) is 4.04. The van der Waals surface area contributed by atoms with E-state index in [1.54, 1.807) is 0 Å². The van der Waals surface area contributed by atoms with Crippen LogP contribution >= 0.6 is 11.8 Å². The van der Waals surface area contributed by atoms with Crippen molar-refractivity contribution in [1.82, 2.24) is 25.2 Å². The Kier molecular flexibility index (Phi) is 7.09. The van der Waals surface area contributed by atoms with Crippen molar-refractivity contribution in [3.05, 3.63) is 66.2 Å². The number of benzene rings is 2. The van der Waals surface area contributed by atoms with Crippen LogP contribution in [-0.2, 0) is 17.8 Å². The maximum atomic E-state index is 12.6. The molecule has 2 aromatic carbocycles. The Morgan fingerprint density at radius 3 is 2.55 bits per heavy atom. The molecule has 0 bridgehead atoms. The quantitative estimate of drug-likeness (QED) is 0.361. The van der Waals surface area contributed by atoms with Crippen LogP contribution in [0.15, 0.2) is 70.2 Å². The zero-order valence-electron chi connectivity index (χ0n) is 18.6. The number of amides is 1. The number of hydrogen-bond acceptors (Lipinski definition) is 7. The summed E-state index contributed by atoms with van der Waals surface area (Å²) in [5.41, 5.74) is 8.99. The summed E-state index contributed by atoms with van der Waals surface area (Å²) in [6.45, 7) is 2.00. The van der Waals surface area contributed by atoms with Gasteiger partial charge in [0.25, 0.3) is 5.89 Å². The van der Waals surface area contributed by atoms with E-state index in [1.807, 2.05) is 61.7 Å². The monoisotopic (exact) mass is 462 g/mol. The number of aryl methyl sites for hydroxylation is 1. The lowest BCUT2D eigenvalue weighted by Crippen LogP contribution is -2.35. The second kappa shape index (κ2) is 10.4. The van der Waals surface area contributed by atoms with Crippen molar-refractivity contribution in [2.45, 2.75) is 37.4 Å². The van der Waals surface area contributed by atoms with Crippen molar-refractivity contribution in [3.8, 4) is 22.8 Å². The molecule has 0 aliphatic carbocycles. The van der Waals surface area contributed by atoms with E-state index in [2.05, 4.69) is 32.7 Å². The summed E-state index contributed by atoms with van der Waals surface area (Å²) >= 11 is 1.41. The number of nitrogen functional groups attached to an aromatic ring is 1. The summed E-state index contributed by atoms with van der Waals surface area (Å²) in [5.74, 6) is 0.905. The number of aromatic nitrogens is 4. The molecular formula is C24H26N6O2S. The van der Waals surface area contributed by atoms with Crippen LogP contribution in [0.25, 0.3) is 22.8 Å². The third-order valence-corrected chi connectivity index (χ3v) is 5.91. The minimum Gasteiger partial charge on any atom is -0.383 e. The smallest absolute Gasteiger partial charge is 0.264 e. The zero-order valence-corrected chi connectivity index (χ0v) is 19.4. The summed E-state index contributed by atoms with van der Waals surface area (Å²) in [5, 5.41) is 12.2. The van der Waals surface area contributed by atoms with Crippen LogP contribution < -0.4 is 11.1 Å². The first kappa shape index (κ1) is 22.6. The van der Waals surface area contributed by atoms with E-state index >= 15 is 0 Å². The highest BCUT2D eigenvalue weighted by molar-refractivity contribution is 7.98. The molecule has 0 fully saturated rings. The van der Waals surface area contributed by atoms with Gasteiger partial charge in [0.15, 0.2) is 0 Å². The van der Waals surface area contributed by atoms with Gasteiger partial charge in [-0.3, -0.25) is 4.79 Å². The highest BCUT2D eigenvalue weighted by Gasteiger charge is 2.24. The normalized spacial score (nSPS) is 11.9. The van der Waals surface area contributed by atoms with Crippen molar-refractivity contribution in [2.75, 3.05) is 12.0 Å². The van der Waals surface area contributed by atoms with Crippen molar-refractivity contribution < 1.29 is 9.32 Å². The first-order valence-electron chi connectivity index (χ1n) is 10.7. The summed E-state index contributed by atoms with van der Waals surface area (Å²) < 4.78 is 6.96. The molecule has 1 amide bonds. The summed E-state index contributed by atoms with van der Waals surface area (Å²) in [6.07, 6.45) is 3.62. The molecule has 0 saturated carbocycles. The highest BCUT2D eigenvalue weighted by Crippen LogP contribution is 2.34. The second-order valence-electron chi connectivity index (χ2n) is 7.71. The molecule has 4 aromatic rings. The van der Waals surface area contributed by atoms with E-state index in [0.29, 0.717) is 22.2 Å². The van der Waals surface area contributed by atoms with E-state index in [4.69, 9.17) is 10.3 Å². The van der Waals surface area contributed by atoms with Crippen LogP contribution in [-0.4, -0.2) is 38.1 Å². The lowest BCUT2D eigenvalue weighted by Gasteiger charge is -2.14. The minimum atomic E-state index is -0.153. The number of nitrogens with one attached hydrogen (secondary N) is 1. The van der Waals surface area contributed by atoms with Gasteiger partial charge >= 0.3 is 0 Å². The number of hydrogen-bond donors (Lipinski definition) is 2. The van der Waals surface area contributed by atoms with Crippen LogP contribution in [0.2, 0.25) is 0 Å². The van der Waals surface area contributed by atoms with Crippen molar-refractivity contribution in [1.29, 1.82) is 0 Å². The summed E-state index contributed by atoms with van der Waals surface area (Å²) in [6, 6.07) is 19.8. The number of nitrogens with zero attached hydrogens (tertiary/aromatic N) is 4. The summed E-state index contributed by atoms with van der Waals surface area (Å²) in [7, 11) is 0. The molecule has 0 aliphatic rings. The van der Waals surface area contributed by atoms with Gasteiger partial charge in [0, 0.05) is 11.6 Å². The number of carbonyl (C=O) groups is 1. The Bertz CT molecular complexity index is 1210. The van der Waals surface area contributed by atoms with Crippen LogP contribution in [0.4, 0.5) is 5.82 Å². The Hall–Kier alpha value is -3.59. The lowest BCUT2D eigenvalue weighted by atomic mass is 10.1. The topological polar surface area (TPSA) is 112 Å². The SMILES string of the molecule is CSc1nn(CC(=O)N[C@@H](C)CCc2ccccc2)c(N)c1-c1nc(-c2ccccc2)no1. The van der Waals surface area contributed by atoms with Gasteiger partial charge in [-0.2, -0.15) is 10.1 Å². The molecule has 9 heteroatoms. The van der Waals surface area contributed by atoms with Crippen molar-refractivity contribution >= 4 is 23.5 Å². The fraction of sp³-hybridized carbons (Fsp3) is 0.250. The molecule has 0 spiro atoms. The molecule has 4 rings (SSSR count). The van der Waals surface area contributed by atoms with Gasteiger partial charge < -0.3 is 15.6 Å². The molecule has 0 radical (unpaired) electrons. The fourth-order valence-corrected chi connectivity index (χ4v) is 4.08. The van der Waals surface area contributed by atoms with Gasteiger partial charge in [0.2, 0.25) is 11.7 Å². The van der Waals surface area contributed by atoms with Crippen molar-refractivity contribution in [3.63, 3.8) is 0 Å². The maximum Gasteiger partial charge on any atom is 0.264 e. The molecule has 33 heavy (non-hydrogen) atoms. The minimum absolute atomic E-state index is 0.00868. The van der Waals surface area contributed by atoms with Gasteiger partial charge in [0.1, 0.15) is 23.0 Å². The van der Waals surface area contributed by atoms with Crippen LogP contribution in [0.1, 0.15) is 18.9 Å². The number of nitrogens with two attached hydrogens (primary N) is 1. The molecular weight excluding hydrogens is 436 g/mol. The third-order valence-electron chi connectivity index (χ3n) is 5.23. The molecule has 0 aliphatic heterocycles. The Balaban J connectivity index is 1.44. The van der Waals surface area contributed by atoms with E-state index in [0.717, 1.165) is 18.4 Å². The standard InChI is InChI=1S/C24H26N6O2S/c1-16(13-14-17-9-5-3-6-10-17)26-19(31)15-30-21(25)20(24(28-30)33-2)23-27-22(29-32-23)18-11-7-4-8-12-18/h3-12,16H,13-15,25H2,1-2H3,(H,26,31)/t16-/m0/s1. The molecule has 170 valence electrons. The van der Waals surface area contributed by atoms with Crippen LogP contribution in [0.5, 0.6) is 0 Å². The fourth-order valence-electron chi connectivity index (χ4n) is 3.50.